The molecule has 0 aromatic rings. The Morgan fingerprint density at radius 2 is 2.05 bits per heavy atom. The van der Waals surface area contributed by atoms with Crippen LogP contribution in [0.3, 0.4) is 0 Å². The molecule has 0 atom stereocenters. The molecule has 0 aliphatic rings. The molecule has 0 radical (unpaired) electrons. The molecule has 0 amide bonds. The van der Waals surface area contributed by atoms with Gasteiger partial charge in [0.25, 0.3) is 0 Å². The largest absolute Gasteiger partial charge is 0.376 e. The molecular formula is C15H30N2O3S2. The van der Waals surface area contributed by atoms with Gasteiger partial charge >= 0.3 is 0 Å². The fraction of sp³-hybridized carbons (Fsp3) is 0.800. The van der Waals surface area contributed by atoms with E-state index in [2.05, 4.69) is 10.6 Å². The van der Waals surface area contributed by atoms with E-state index >= 15 is 0 Å². The van der Waals surface area contributed by atoms with Crippen LogP contribution in [0.15, 0.2) is 12.2 Å². The van der Waals surface area contributed by atoms with E-state index in [0.717, 1.165) is 18.7 Å². The summed E-state index contributed by atoms with van der Waals surface area (Å²) in [5.41, 5.74) is 0. The van der Waals surface area contributed by atoms with Gasteiger partial charge in [0.1, 0.15) is 11.7 Å². The van der Waals surface area contributed by atoms with Crippen molar-refractivity contribution in [2.45, 2.75) is 19.8 Å². The molecule has 7 heteroatoms. The Bertz CT molecular complexity index is 280. The molecule has 0 saturated carbocycles. The van der Waals surface area contributed by atoms with Crippen molar-refractivity contribution in [3.63, 3.8) is 0 Å². The van der Waals surface area contributed by atoms with E-state index in [4.69, 9.17) is 9.47 Å². The zero-order valence-electron chi connectivity index (χ0n) is 13.8. The molecule has 0 aromatic carbocycles. The van der Waals surface area contributed by atoms with Crippen LogP contribution in [0.25, 0.3) is 0 Å². The first-order chi connectivity index (χ1) is 10.8. The lowest BCUT2D eigenvalue weighted by atomic mass is 10.2. The Balaban J connectivity index is 3.16. The summed E-state index contributed by atoms with van der Waals surface area (Å²) in [4.78, 5) is 11.6. The average molecular weight is 351 g/mol. The van der Waals surface area contributed by atoms with E-state index in [1.54, 1.807) is 21.6 Å². The van der Waals surface area contributed by atoms with Gasteiger partial charge in [-0.05, 0) is 20.4 Å². The Morgan fingerprint density at radius 1 is 1.18 bits per heavy atom. The first-order valence-corrected chi connectivity index (χ1v) is 10.2. The SMILES string of the molecule is C/C=C/COCCNCC(=O)CCCOCSSCCNC. The first kappa shape index (κ1) is 21.9. The molecule has 2 N–H and O–H groups in total. The molecule has 0 aromatic heterocycles. The number of nitrogens with one attached hydrogen (secondary N) is 2. The second kappa shape index (κ2) is 19.0. The molecule has 0 aliphatic heterocycles. The number of ketones is 1. The van der Waals surface area contributed by atoms with E-state index < -0.39 is 0 Å². The minimum absolute atomic E-state index is 0.230. The number of hydrogen-bond acceptors (Lipinski definition) is 7. The van der Waals surface area contributed by atoms with Crippen LogP contribution in [0.1, 0.15) is 19.8 Å². The van der Waals surface area contributed by atoms with Gasteiger partial charge < -0.3 is 20.1 Å². The quantitative estimate of drug-likeness (QED) is 0.180. The molecule has 0 aliphatic carbocycles. The van der Waals surface area contributed by atoms with Crippen LogP contribution in [-0.2, 0) is 14.3 Å². The minimum Gasteiger partial charge on any atom is -0.376 e. The summed E-state index contributed by atoms with van der Waals surface area (Å²) in [6.07, 6.45) is 5.28. The number of carbonyl (C=O) groups is 1. The van der Waals surface area contributed by atoms with Crippen LogP contribution in [-0.4, -0.2) is 64.0 Å². The fourth-order valence-corrected chi connectivity index (χ4v) is 3.08. The van der Waals surface area contributed by atoms with Crippen molar-refractivity contribution in [1.82, 2.24) is 10.6 Å². The number of carbonyl (C=O) groups excluding carboxylic acids is 1. The van der Waals surface area contributed by atoms with Gasteiger partial charge in [-0.25, -0.2) is 0 Å². The van der Waals surface area contributed by atoms with E-state index in [-0.39, 0.29) is 5.78 Å². The normalized spacial score (nSPS) is 11.4. The first-order valence-electron chi connectivity index (χ1n) is 7.69. The van der Waals surface area contributed by atoms with Crippen molar-refractivity contribution in [1.29, 1.82) is 0 Å². The van der Waals surface area contributed by atoms with Crippen LogP contribution in [0.2, 0.25) is 0 Å². The van der Waals surface area contributed by atoms with Crippen molar-refractivity contribution in [3.8, 4) is 0 Å². The van der Waals surface area contributed by atoms with E-state index in [9.17, 15) is 4.79 Å². The Hall–Kier alpha value is -0.0500. The third-order valence-corrected chi connectivity index (χ3v) is 4.68. The predicted molar refractivity (Wildman–Crippen MR) is 97.5 cm³/mol. The van der Waals surface area contributed by atoms with Crippen molar-refractivity contribution < 1.29 is 14.3 Å². The molecule has 22 heavy (non-hydrogen) atoms. The summed E-state index contributed by atoms with van der Waals surface area (Å²) in [6.45, 7) is 6.02. The molecule has 0 rings (SSSR count). The minimum atomic E-state index is 0.230. The number of ether oxygens (including phenoxy) is 2. The van der Waals surface area contributed by atoms with Crippen LogP contribution < -0.4 is 10.6 Å². The van der Waals surface area contributed by atoms with Crippen LogP contribution >= 0.6 is 21.6 Å². The molecule has 0 fully saturated rings. The van der Waals surface area contributed by atoms with E-state index in [0.29, 0.717) is 45.3 Å². The fourth-order valence-electron chi connectivity index (χ4n) is 1.41. The highest BCUT2D eigenvalue weighted by molar-refractivity contribution is 8.76. The van der Waals surface area contributed by atoms with Gasteiger partial charge in [0.15, 0.2) is 0 Å². The van der Waals surface area contributed by atoms with Crippen molar-refractivity contribution >= 4 is 27.4 Å². The monoisotopic (exact) mass is 350 g/mol. The van der Waals surface area contributed by atoms with Crippen molar-refractivity contribution in [2.75, 3.05) is 58.2 Å². The van der Waals surface area contributed by atoms with E-state index in [1.165, 1.54) is 0 Å². The van der Waals surface area contributed by atoms with E-state index in [1.807, 2.05) is 26.1 Å². The predicted octanol–water partition coefficient (Wildman–Crippen LogP) is 2.09. The molecule has 0 heterocycles. The summed E-state index contributed by atoms with van der Waals surface area (Å²) in [5, 5.41) is 6.19. The van der Waals surface area contributed by atoms with Crippen molar-refractivity contribution in [3.05, 3.63) is 12.2 Å². The van der Waals surface area contributed by atoms with Crippen LogP contribution in [0.5, 0.6) is 0 Å². The van der Waals surface area contributed by atoms with Gasteiger partial charge in [0.2, 0.25) is 0 Å². The molecule has 5 nitrogen and oxygen atoms in total. The Labute approximate surface area is 142 Å². The zero-order chi connectivity index (χ0) is 16.3. The molecule has 0 bridgehead atoms. The second-order valence-corrected chi connectivity index (χ2v) is 7.06. The highest BCUT2D eigenvalue weighted by Gasteiger charge is 2.01. The number of hydrogen-bond donors (Lipinski definition) is 2. The van der Waals surface area contributed by atoms with Crippen LogP contribution in [0, 0.1) is 0 Å². The number of rotatable bonds is 17. The lowest BCUT2D eigenvalue weighted by Gasteiger charge is -2.05. The van der Waals surface area contributed by atoms with Gasteiger partial charge in [0, 0.05) is 31.9 Å². The number of Topliss-reactive ketones (excluding diaryl/α,β-unsaturated/α-hetero) is 1. The third kappa shape index (κ3) is 18.0. The summed E-state index contributed by atoms with van der Waals surface area (Å²) < 4.78 is 10.8. The van der Waals surface area contributed by atoms with Crippen LogP contribution in [0.4, 0.5) is 0 Å². The maximum absolute atomic E-state index is 11.6. The Morgan fingerprint density at radius 3 is 2.82 bits per heavy atom. The molecule has 0 spiro atoms. The summed E-state index contributed by atoms with van der Waals surface area (Å²) in [7, 11) is 5.46. The number of allylic oxidation sites excluding steroid dienone is 1. The lowest BCUT2D eigenvalue weighted by molar-refractivity contribution is -0.118. The second-order valence-electron chi connectivity index (χ2n) is 4.53. The maximum atomic E-state index is 11.6. The molecule has 130 valence electrons. The highest BCUT2D eigenvalue weighted by atomic mass is 33.1. The van der Waals surface area contributed by atoms with Gasteiger partial charge in [0.05, 0.1) is 19.8 Å². The summed E-state index contributed by atoms with van der Waals surface area (Å²) in [6, 6.07) is 0. The zero-order valence-corrected chi connectivity index (χ0v) is 15.4. The Kier molecular flexibility index (Phi) is 19.0. The molecule has 0 unspecified atom stereocenters. The topological polar surface area (TPSA) is 59.6 Å². The average Bonchev–Trinajstić information content (AvgIpc) is 2.52. The van der Waals surface area contributed by atoms with Gasteiger partial charge in [-0.3, -0.25) is 4.79 Å². The van der Waals surface area contributed by atoms with Gasteiger partial charge in [-0.2, -0.15) is 0 Å². The van der Waals surface area contributed by atoms with Gasteiger partial charge in [-0.1, -0.05) is 33.7 Å². The highest BCUT2D eigenvalue weighted by Crippen LogP contribution is 2.20. The standard InChI is InChI=1S/C15H30N2O3S2/c1-3-4-9-19-11-7-17-13-15(18)6-5-10-20-14-22-21-12-8-16-2/h3-4,16-17H,5-14H2,1-2H3/b4-3+. The maximum Gasteiger partial charge on any atom is 0.146 e. The van der Waals surface area contributed by atoms with Crippen molar-refractivity contribution in [2.24, 2.45) is 0 Å². The lowest BCUT2D eigenvalue weighted by Crippen LogP contribution is -2.26. The molecule has 0 saturated heterocycles. The van der Waals surface area contributed by atoms with Gasteiger partial charge in [-0.15, -0.1) is 0 Å². The molecular weight excluding hydrogens is 320 g/mol. The summed E-state index contributed by atoms with van der Waals surface area (Å²) in [5.74, 6) is 1.99. The third-order valence-electron chi connectivity index (χ3n) is 2.59. The summed E-state index contributed by atoms with van der Waals surface area (Å²) >= 11 is 0. The smallest absolute Gasteiger partial charge is 0.146 e.